The van der Waals surface area contributed by atoms with Crippen LogP contribution in [0.3, 0.4) is 0 Å². The van der Waals surface area contributed by atoms with Gasteiger partial charge in [-0.15, -0.1) is 11.3 Å². The van der Waals surface area contributed by atoms with E-state index < -0.39 is 11.3 Å². The lowest BCUT2D eigenvalue weighted by Gasteiger charge is -2.51. The van der Waals surface area contributed by atoms with Crippen molar-refractivity contribution in [3.05, 3.63) is 118 Å². The van der Waals surface area contributed by atoms with Crippen LogP contribution in [-0.2, 0) is 4.79 Å². The Morgan fingerprint density at radius 3 is 2.44 bits per heavy atom. The van der Waals surface area contributed by atoms with Crippen LogP contribution in [0.15, 0.2) is 84.2 Å². The fraction of sp³-hybridized carbons (Fsp3) is 0.182. The highest BCUT2D eigenvalue weighted by atomic mass is 32.1. The number of nitrogens with zero attached hydrogens (tertiary/aromatic N) is 1. The monoisotopic (exact) mass is 529 g/mol. The van der Waals surface area contributed by atoms with Gasteiger partial charge in [0.05, 0.1) is 11.1 Å². The third-order valence-corrected chi connectivity index (χ3v) is 9.43. The largest absolute Gasteiger partial charge is 0.366 e. The molecule has 3 atom stereocenters. The number of benzene rings is 4. The van der Waals surface area contributed by atoms with Gasteiger partial charge in [0.1, 0.15) is 0 Å². The van der Waals surface area contributed by atoms with Crippen LogP contribution < -0.4 is 11.1 Å². The SMILES string of the molecule is Cc1ccc(-c2csc(NC(=O)C3(C)CC4c5ccccc5C3c3cccc(C(N)=O)c34)n2)c2ccccc12. The molecule has 39 heavy (non-hydrogen) atoms. The van der Waals surface area contributed by atoms with Crippen LogP contribution in [0.5, 0.6) is 0 Å². The average molecular weight is 530 g/mol. The summed E-state index contributed by atoms with van der Waals surface area (Å²) in [5.41, 5.74) is 13.1. The maximum Gasteiger partial charge on any atom is 0.249 e. The Morgan fingerprint density at radius 2 is 1.64 bits per heavy atom. The quantitative estimate of drug-likeness (QED) is 0.263. The first-order valence-electron chi connectivity index (χ1n) is 13.1. The van der Waals surface area contributed by atoms with Gasteiger partial charge in [-0.3, -0.25) is 9.59 Å². The summed E-state index contributed by atoms with van der Waals surface area (Å²) in [5, 5.41) is 8.10. The van der Waals surface area contributed by atoms with E-state index in [1.807, 2.05) is 48.7 Å². The number of anilines is 1. The van der Waals surface area contributed by atoms with Gasteiger partial charge in [-0.25, -0.2) is 4.98 Å². The molecule has 0 radical (unpaired) electrons. The molecule has 3 N–H and O–H groups in total. The van der Waals surface area contributed by atoms with Crippen molar-refractivity contribution in [3.63, 3.8) is 0 Å². The molecule has 5 aromatic rings. The van der Waals surface area contributed by atoms with Crippen LogP contribution in [0.1, 0.15) is 63.4 Å². The Labute approximate surface area is 230 Å². The minimum atomic E-state index is -0.718. The van der Waals surface area contributed by atoms with Crippen molar-refractivity contribution in [2.45, 2.75) is 32.1 Å². The van der Waals surface area contributed by atoms with Crippen LogP contribution in [-0.4, -0.2) is 16.8 Å². The van der Waals surface area contributed by atoms with Gasteiger partial charge in [-0.05, 0) is 64.9 Å². The van der Waals surface area contributed by atoms with Crippen molar-refractivity contribution in [1.29, 1.82) is 0 Å². The first kappa shape index (κ1) is 23.8. The Kier molecular flexibility index (Phi) is 5.26. The second-order valence-corrected chi connectivity index (χ2v) is 11.7. The number of carbonyl (C=O) groups excluding carboxylic acids is 2. The minimum absolute atomic E-state index is 0.0585. The Morgan fingerprint density at radius 1 is 0.923 bits per heavy atom. The van der Waals surface area contributed by atoms with Gasteiger partial charge in [-0.2, -0.15) is 0 Å². The lowest BCUT2D eigenvalue weighted by atomic mass is 9.52. The number of nitrogens with two attached hydrogens (primary N) is 1. The first-order chi connectivity index (χ1) is 18.9. The summed E-state index contributed by atoms with van der Waals surface area (Å²) in [7, 11) is 0. The van der Waals surface area contributed by atoms with Crippen molar-refractivity contribution < 1.29 is 9.59 Å². The van der Waals surface area contributed by atoms with Gasteiger partial charge in [0.15, 0.2) is 5.13 Å². The van der Waals surface area contributed by atoms with E-state index in [0.717, 1.165) is 33.3 Å². The van der Waals surface area contributed by atoms with Crippen LogP contribution in [0.4, 0.5) is 5.13 Å². The summed E-state index contributed by atoms with van der Waals surface area (Å²) in [6.07, 6.45) is 0.596. The molecular formula is C33H27N3O2S. The van der Waals surface area contributed by atoms with Crippen molar-refractivity contribution in [3.8, 4) is 11.3 Å². The predicted octanol–water partition coefficient (Wildman–Crippen LogP) is 7.00. The molecule has 0 fully saturated rings. The lowest BCUT2D eigenvalue weighted by Crippen LogP contribution is -2.47. The zero-order valence-electron chi connectivity index (χ0n) is 21.7. The van der Waals surface area contributed by atoms with Gasteiger partial charge in [0.25, 0.3) is 0 Å². The number of aryl methyl sites for hydroxylation is 1. The van der Waals surface area contributed by atoms with Crippen molar-refractivity contribution in [2.24, 2.45) is 11.1 Å². The summed E-state index contributed by atoms with van der Waals surface area (Å²) in [5.74, 6) is -0.751. The number of thiazole rings is 1. The standard InChI is InChI=1S/C33H27N3O2S/c1-18-14-15-22(20-9-4-3-8-19(18)20)27-17-39-32(35-27)36-31(38)33(2)16-26-21-10-5-6-11-23(21)29(33)24-12-7-13-25(28(24)26)30(34)37/h3-15,17,26,29H,16H2,1-2H3,(H2,34,37)(H,35,36,38). The first-order valence-corrected chi connectivity index (χ1v) is 14.0. The fourth-order valence-electron chi connectivity index (χ4n) is 6.88. The second-order valence-electron chi connectivity index (χ2n) is 10.9. The molecule has 192 valence electrons. The highest BCUT2D eigenvalue weighted by molar-refractivity contribution is 7.14. The van der Waals surface area contributed by atoms with E-state index in [4.69, 9.17) is 10.7 Å². The highest BCUT2D eigenvalue weighted by Crippen LogP contribution is 2.61. The number of aromatic nitrogens is 1. The molecule has 1 aromatic heterocycles. The fourth-order valence-corrected chi connectivity index (χ4v) is 7.59. The zero-order chi connectivity index (χ0) is 26.9. The Bertz CT molecular complexity index is 1820. The zero-order valence-corrected chi connectivity index (χ0v) is 22.5. The molecule has 2 bridgehead atoms. The summed E-state index contributed by atoms with van der Waals surface area (Å²) in [4.78, 5) is 31.3. The molecule has 0 spiro atoms. The maximum absolute atomic E-state index is 14.1. The molecule has 5 nitrogen and oxygen atoms in total. The number of fused-ring (bicyclic) bond motifs is 2. The molecule has 6 heteroatoms. The number of primary amides is 1. The van der Waals surface area contributed by atoms with E-state index in [1.54, 1.807) is 6.07 Å². The van der Waals surface area contributed by atoms with E-state index in [1.165, 1.54) is 27.8 Å². The molecule has 0 aliphatic heterocycles. The van der Waals surface area contributed by atoms with Crippen LogP contribution in [0.25, 0.3) is 22.0 Å². The molecule has 3 unspecified atom stereocenters. The molecule has 3 aliphatic carbocycles. The number of hydrogen-bond acceptors (Lipinski definition) is 4. The number of rotatable bonds is 4. The Hall–Kier alpha value is -4.29. The van der Waals surface area contributed by atoms with E-state index >= 15 is 0 Å². The van der Waals surface area contributed by atoms with E-state index in [9.17, 15) is 9.59 Å². The van der Waals surface area contributed by atoms with Crippen molar-refractivity contribution in [2.75, 3.05) is 5.32 Å². The molecule has 8 rings (SSSR count). The van der Waals surface area contributed by atoms with Gasteiger partial charge < -0.3 is 11.1 Å². The van der Waals surface area contributed by atoms with Crippen molar-refractivity contribution in [1.82, 2.24) is 4.98 Å². The van der Waals surface area contributed by atoms with Gasteiger partial charge in [0.2, 0.25) is 11.8 Å². The molecule has 0 saturated heterocycles. The Balaban J connectivity index is 1.26. The molecular weight excluding hydrogens is 502 g/mol. The average Bonchev–Trinajstić information content (AvgIpc) is 3.41. The summed E-state index contributed by atoms with van der Waals surface area (Å²) >= 11 is 1.44. The number of carbonyl (C=O) groups is 2. The molecule has 4 aromatic carbocycles. The third kappa shape index (κ3) is 3.48. The van der Waals surface area contributed by atoms with Gasteiger partial charge >= 0.3 is 0 Å². The lowest BCUT2D eigenvalue weighted by molar-refractivity contribution is -0.126. The maximum atomic E-state index is 14.1. The van der Waals surface area contributed by atoms with E-state index in [-0.39, 0.29) is 17.7 Å². The van der Waals surface area contributed by atoms with Crippen LogP contribution in [0, 0.1) is 12.3 Å². The molecule has 0 saturated carbocycles. The van der Waals surface area contributed by atoms with Gasteiger partial charge in [0, 0.05) is 28.3 Å². The van der Waals surface area contributed by atoms with Crippen LogP contribution >= 0.6 is 11.3 Å². The van der Waals surface area contributed by atoms with Crippen molar-refractivity contribution >= 4 is 39.1 Å². The number of amides is 2. The van der Waals surface area contributed by atoms with Gasteiger partial charge in [-0.1, -0.05) is 72.8 Å². The number of nitrogens with one attached hydrogen (secondary N) is 1. The topological polar surface area (TPSA) is 85.1 Å². The third-order valence-electron chi connectivity index (χ3n) is 8.67. The molecule has 2 amide bonds. The predicted molar refractivity (Wildman–Crippen MR) is 156 cm³/mol. The second kappa shape index (κ2) is 8.61. The summed E-state index contributed by atoms with van der Waals surface area (Å²) in [6.45, 7) is 4.15. The molecule has 3 aliphatic rings. The van der Waals surface area contributed by atoms with Crippen LogP contribution in [0.2, 0.25) is 0 Å². The van der Waals surface area contributed by atoms with E-state index in [0.29, 0.717) is 17.1 Å². The smallest absolute Gasteiger partial charge is 0.249 e. The minimum Gasteiger partial charge on any atom is -0.366 e. The summed E-state index contributed by atoms with van der Waals surface area (Å²) in [6, 6.07) is 26.5. The number of hydrogen-bond donors (Lipinski definition) is 2. The summed E-state index contributed by atoms with van der Waals surface area (Å²) < 4.78 is 0. The highest BCUT2D eigenvalue weighted by Gasteiger charge is 2.54. The molecule has 1 heterocycles. The van der Waals surface area contributed by atoms with E-state index in [2.05, 4.69) is 48.6 Å². The normalized spacial score (nSPS) is 20.9.